The molecule has 1 saturated heterocycles. The predicted octanol–water partition coefficient (Wildman–Crippen LogP) is 3.00. The molecule has 1 aliphatic heterocycles. The van der Waals surface area contributed by atoms with Crippen molar-refractivity contribution in [3.63, 3.8) is 0 Å². The monoisotopic (exact) mass is 416 g/mol. The lowest BCUT2D eigenvalue weighted by molar-refractivity contribution is -0.375. The lowest BCUT2D eigenvalue weighted by atomic mass is 9.95. The smallest absolute Gasteiger partial charge is 0.257 e. The molecule has 0 aliphatic carbocycles. The molecular weight excluding hydrogens is 391 g/mol. The number of rotatable bonds is 10. The number of halogens is 2. The molecule has 7 nitrogen and oxygen atoms in total. The van der Waals surface area contributed by atoms with Gasteiger partial charge in [0.2, 0.25) is 5.91 Å². The summed E-state index contributed by atoms with van der Waals surface area (Å²) in [6.45, 7) is 10.5. The van der Waals surface area contributed by atoms with Gasteiger partial charge >= 0.3 is 0 Å². The van der Waals surface area contributed by atoms with Crippen molar-refractivity contribution in [2.24, 2.45) is 5.92 Å². The molecule has 0 bridgehead atoms. The van der Waals surface area contributed by atoms with E-state index in [9.17, 15) is 14.0 Å². The highest BCUT2D eigenvalue weighted by Gasteiger charge is 2.33. The molecule has 28 heavy (non-hydrogen) atoms. The molecule has 0 saturated carbocycles. The van der Waals surface area contributed by atoms with Crippen LogP contribution in [0.1, 0.15) is 26.7 Å². The second-order valence-corrected chi connectivity index (χ2v) is 6.71. The van der Waals surface area contributed by atoms with Crippen molar-refractivity contribution < 1.29 is 28.5 Å². The van der Waals surface area contributed by atoms with E-state index < -0.39 is 5.83 Å². The quantitative estimate of drug-likeness (QED) is 0.325. The molecule has 0 spiro atoms. The number of ether oxygens (including phenoxy) is 1. The van der Waals surface area contributed by atoms with E-state index in [-0.39, 0.29) is 48.1 Å². The summed E-state index contributed by atoms with van der Waals surface area (Å²) in [5, 5.41) is 5.21. The van der Waals surface area contributed by atoms with E-state index in [1.807, 2.05) is 6.92 Å². The first-order valence-electron chi connectivity index (χ1n) is 8.76. The Hall–Kier alpha value is -2.16. The van der Waals surface area contributed by atoms with Gasteiger partial charge in [0.1, 0.15) is 11.9 Å². The topological polar surface area (TPSA) is 85.9 Å². The van der Waals surface area contributed by atoms with Gasteiger partial charge in [-0.3, -0.25) is 9.59 Å². The van der Waals surface area contributed by atoms with Crippen molar-refractivity contribution >= 4 is 23.4 Å². The zero-order valence-corrected chi connectivity index (χ0v) is 16.8. The minimum Gasteiger partial charge on any atom is -0.491 e. The van der Waals surface area contributed by atoms with E-state index in [1.54, 1.807) is 6.92 Å². The van der Waals surface area contributed by atoms with Gasteiger partial charge < -0.3 is 15.4 Å². The molecule has 1 aliphatic rings. The van der Waals surface area contributed by atoms with Crippen LogP contribution in [0.15, 0.2) is 48.1 Å². The van der Waals surface area contributed by atoms with Gasteiger partial charge in [0.25, 0.3) is 5.91 Å². The summed E-state index contributed by atoms with van der Waals surface area (Å²) in [7, 11) is 0. The minimum atomic E-state index is -0.760. The number of carbonyl (C=O) groups excluding carboxylic acids is 2. The Morgan fingerprint density at radius 3 is 2.71 bits per heavy atom. The van der Waals surface area contributed by atoms with Gasteiger partial charge in [-0.15, -0.1) is 0 Å². The molecule has 0 aromatic rings. The van der Waals surface area contributed by atoms with Crippen LogP contribution in [0.2, 0.25) is 0 Å². The number of nitrogens with one attached hydrogen (secondary N) is 2. The highest BCUT2D eigenvalue weighted by atomic mass is 35.5. The average Bonchev–Trinajstić information content (AvgIpc) is 2.62. The maximum atomic E-state index is 12.6. The summed E-state index contributed by atoms with van der Waals surface area (Å²) < 4.78 is 17.6. The Morgan fingerprint density at radius 1 is 1.32 bits per heavy atom. The van der Waals surface area contributed by atoms with Crippen LogP contribution in [0.25, 0.3) is 0 Å². The fraction of sp³-hybridized carbons (Fsp3) is 0.474. The molecule has 2 amide bonds. The maximum absolute atomic E-state index is 12.6. The van der Waals surface area contributed by atoms with Crippen LogP contribution < -0.4 is 10.6 Å². The molecule has 9 heteroatoms. The standard InChI is InChI=1S/C19H26ClFN2O5/c1-12(23-19(25)16-10-13(2)27-28-15(16)4)7-8-22-18(24)11-26-9-5-6-17(20)14(3)21/h5-6,9,13,15-16H,1,3,7-8,10-11H2,2,4H3,(H,22,24)(H,23,25)/b9-5+,17-6+. The first kappa shape index (κ1) is 23.9. The lowest BCUT2D eigenvalue weighted by Crippen LogP contribution is -2.43. The number of allylic oxidation sites excluding steroid dienone is 4. The van der Waals surface area contributed by atoms with Crippen LogP contribution in [0.5, 0.6) is 0 Å². The number of carbonyl (C=O) groups is 2. The third-order valence-corrected chi connectivity index (χ3v) is 4.13. The molecule has 1 rings (SSSR count). The van der Waals surface area contributed by atoms with E-state index in [4.69, 9.17) is 26.1 Å². The van der Waals surface area contributed by atoms with Gasteiger partial charge in [0, 0.05) is 18.7 Å². The molecule has 0 aromatic heterocycles. The van der Waals surface area contributed by atoms with Crippen LogP contribution in [0.4, 0.5) is 4.39 Å². The Bertz CT molecular complexity index is 650. The van der Waals surface area contributed by atoms with Crippen LogP contribution in [0, 0.1) is 5.92 Å². The first-order valence-corrected chi connectivity index (χ1v) is 9.14. The van der Waals surface area contributed by atoms with Crippen LogP contribution in [-0.4, -0.2) is 37.2 Å². The van der Waals surface area contributed by atoms with Crippen molar-refractivity contribution in [2.75, 3.05) is 13.2 Å². The molecule has 2 N–H and O–H groups in total. The van der Waals surface area contributed by atoms with Gasteiger partial charge in [-0.1, -0.05) is 24.8 Å². The van der Waals surface area contributed by atoms with Crippen molar-refractivity contribution in [1.29, 1.82) is 0 Å². The highest BCUT2D eigenvalue weighted by molar-refractivity contribution is 6.31. The molecule has 156 valence electrons. The molecule has 3 unspecified atom stereocenters. The van der Waals surface area contributed by atoms with E-state index in [2.05, 4.69) is 23.8 Å². The Morgan fingerprint density at radius 2 is 2.04 bits per heavy atom. The third kappa shape index (κ3) is 9.16. The first-order chi connectivity index (χ1) is 13.2. The molecule has 3 atom stereocenters. The molecule has 0 radical (unpaired) electrons. The van der Waals surface area contributed by atoms with Crippen molar-refractivity contribution in [3.05, 3.63) is 48.1 Å². The summed E-state index contributed by atoms with van der Waals surface area (Å²) in [5.74, 6) is -1.62. The molecule has 1 heterocycles. The Labute approximate surface area is 169 Å². The maximum Gasteiger partial charge on any atom is 0.257 e. The second kappa shape index (κ2) is 12.3. The van der Waals surface area contributed by atoms with Gasteiger partial charge in [-0.25, -0.2) is 14.2 Å². The largest absolute Gasteiger partial charge is 0.491 e. The van der Waals surface area contributed by atoms with Crippen molar-refractivity contribution in [1.82, 2.24) is 10.6 Å². The van der Waals surface area contributed by atoms with Gasteiger partial charge in [-0.05, 0) is 32.4 Å². The fourth-order valence-electron chi connectivity index (χ4n) is 2.29. The lowest BCUT2D eigenvalue weighted by Gasteiger charge is -2.30. The second-order valence-electron chi connectivity index (χ2n) is 6.30. The van der Waals surface area contributed by atoms with Crippen molar-refractivity contribution in [2.45, 2.75) is 38.9 Å². The minimum absolute atomic E-state index is 0.152. The summed E-state index contributed by atoms with van der Waals surface area (Å²) in [4.78, 5) is 34.1. The van der Waals surface area contributed by atoms with E-state index in [1.165, 1.54) is 18.4 Å². The molecular formula is C19H26ClFN2O5. The van der Waals surface area contributed by atoms with Crippen molar-refractivity contribution in [3.8, 4) is 0 Å². The number of hydrogen-bond acceptors (Lipinski definition) is 5. The zero-order valence-electron chi connectivity index (χ0n) is 16.0. The summed E-state index contributed by atoms with van der Waals surface area (Å²) >= 11 is 5.51. The average molecular weight is 417 g/mol. The normalized spacial score (nSPS) is 22.6. The summed E-state index contributed by atoms with van der Waals surface area (Å²) in [6, 6.07) is 0. The van der Waals surface area contributed by atoms with Gasteiger partial charge in [-0.2, -0.15) is 0 Å². The summed E-state index contributed by atoms with van der Waals surface area (Å²) in [5.41, 5.74) is 0.490. The van der Waals surface area contributed by atoms with Gasteiger partial charge in [0.05, 0.1) is 23.3 Å². The molecule has 1 fully saturated rings. The van der Waals surface area contributed by atoms with Crippen LogP contribution in [0.3, 0.4) is 0 Å². The number of amides is 2. The van der Waals surface area contributed by atoms with E-state index in [0.29, 0.717) is 18.5 Å². The van der Waals surface area contributed by atoms with Crippen LogP contribution in [-0.2, 0) is 24.1 Å². The predicted molar refractivity (Wildman–Crippen MR) is 103 cm³/mol. The Balaban J connectivity index is 2.22. The van der Waals surface area contributed by atoms with Crippen LogP contribution >= 0.6 is 11.6 Å². The van der Waals surface area contributed by atoms with Gasteiger partial charge in [0.15, 0.2) is 6.61 Å². The van der Waals surface area contributed by atoms with E-state index >= 15 is 0 Å². The zero-order chi connectivity index (χ0) is 21.1. The number of hydrogen-bond donors (Lipinski definition) is 2. The summed E-state index contributed by atoms with van der Waals surface area (Å²) in [6.07, 6.45) is 4.24. The third-order valence-electron chi connectivity index (χ3n) is 3.80. The fourth-order valence-corrected chi connectivity index (χ4v) is 2.36. The SMILES string of the molecule is C=C(CCNC(=O)CO/C=C/C=C(/Cl)C(=C)F)NC(=O)C1CC(C)OOC1C. The highest BCUT2D eigenvalue weighted by Crippen LogP contribution is 2.23. The molecule has 0 aromatic carbocycles. The van der Waals surface area contributed by atoms with E-state index in [0.717, 1.165) is 0 Å². The Kier molecular flexibility index (Phi) is 10.5.